The molecular formula is C121H101BBrN2. The number of benzene rings is 16. The SMILES string of the molecule is C.C1=CC(c2cccc3c2CCCC3)CC=C1NC1=CC=C(c2cccc3ccccc23)CC1.CC1(C)c2cccc3c2-c2c1cccc2C3(C1=CC=CC(N(c2ccc(-c3cccc4ccccc34)cc2)c2ccc(-c3cccc4ccccc34)cc2)C1)c1ccccc1.CC1(C)c2cccc3c2-c2c1cccc2C3(c1ccccc1)c1cccc(Br)c1.[B]. The number of anilines is 2. The van der Waals surface area contributed by atoms with Crippen molar-refractivity contribution in [2.45, 2.75) is 120 Å². The summed E-state index contributed by atoms with van der Waals surface area (Å²) in [6, 6.07) is 131. The van der Waals surface area contributed by atoms with E-state index in [1.54, 1.807) is 16.7 Å². The van der Waals surface area contributed by atoms with Crippen LogP contribution in [0.2, 0.25) is 0 Å². The third-order valence-corrected chi connectivity index (χ3v) is 29.1. The number of allylic oxidation sites excluding steroid dienone is 9. The lowest BCUT2D eigenvalue weighted by atomic mass is 9.63. The van der Waals surface area contributed by atoms with Crippen molar-refractivity contribution in [2.75, 3.05) is 4.90 Å². The van der Waals surface area contributed by atoms with E-state index in [2.05, 4.69) is 454 Å². The summed E-state index contributed by atoms with van der Waals surface area (Å²) in [5.74, 6) is 0.516. The fraction of sp³-hybridized carbons (Fsp3) is 0.157. The predicted molar refractivity (Wildman–Crippen MR) is 533 cm³/mol. The summed E-state index contributed by atoms with van der Waals surface area (Å²) in [5, 5.41) is 11.4. The van der Waals surface area contributed by atoms with Crippen LogP contribution in [0.4, 0.5) is 11.4 Å². The second-order valence-corrected chi connectivity index (χ2v) is 36.8. The summed E-state index contributed by atoms with van der Waals surface area (Å²) >= 11 is 3.73. The smallest absolute Gasteiger partial charge is 0.0714 e. The quantitative estimate of drug-likeness (QED) is 0.116. The third kappa shape index (κ3) is 13.3. The molecule has 24 rings (SSSR count). The normalized spacial score (nSPS) is 17.2. The first-order valence-corrected chi connectivity index (χ1v) is 45.1. The average Bonchev–Trinajstić information content (AvgIpc) is 1.51. The van der Waals surface area contributed by atoms with Crippen molar-refractivity contribution in [3.05, 3.63) is 505 Å². The molecule has 1 N–H and O–H groups in total. The first kappa shape index (κ1) is 80.3. The molecule has 0 aliphatic heterocycles. The van der Waals surface area contributed by atoms with Crippen molar-refractivity contribution in [1.82, 2.24) is 5.32 Å². The van der Waals surface area contributed by atoms with E-state index in [0.717, 1.165) is 30.2 Å². The van der Waals surface area contributed by atoms with Crippen molar-refractivity contribution in [3.8, 4) is 44.5 Å². The number of rotatable bonds is 13. The van der Waals surface area contributed by atoms with Gasteiger partial charge in [0.25, 0.3) is 0 Å². The van der Waals surface area contributed by atoms with E-state index in [-0.39, 0.29) is 38.1 Å². The molecule has 4 heteroatoms. The topological polar surface area (TPSA) is 15.3 Å². The summed E-state index contributed by atoms with van der Waals surface area (Å²) in [6.45, 7) is 9.52. The molecule has 0 saturated heterocycles. The Morgan fingerprint density at radius 2 is 0.816 bits per heavy atom. The number of hydrogen-bond donors (Lipinski definition) is 1. The van der Waals surface area contributed by atoms with Gasteiger partial charge in [0.2, 0.25) is 0 Å². The van der Waals surface area contributed by atoms with E-state index in [0.29, 0.717) is 5.92 Å². The predicted octanol–water partition coefficient (Wildman–Crippen LogP) is 31.1. The highest BCUT2D eigenvalue weighted by molar-refractivity contribution is 9.10. The Morgan fingerprint density at radius 1 is 0.376 bits per heavy atom. The number of nitrogens with one attached hydrogen (secondary N) is 1. The van der Waals surface area contributed by atoms with Gasteiger partial charge in [-0.05, 0) is 271 Å². The highest BCUT2D eigenvalue weighted by atomic mass is 79.9. The number of nitrogens with zero attached hydrogens (tertiary/aromatic N) is 1. The van der Waals surface area contributed by atoms with Crippen molar-refractivity contribution in [2.24, 2.45) is 0 Å². The van der Waals surface area contributed by atoms with E-state index in [9.17, 15) is 0 Å². The summed E-state index contributed by atoms with van der Waals surface area (Å²) in [4.78, 5) is 2.57. The molecule has 0 spiro atoms. The molecule has 3 radical (unpaired) electrons. The van der Waals surface area contributed by atoms with Crippen molar-refractivity contribution >= 4 is 73.6 Å². The number of aryl methyl sites for hydroxylation is 1. The van der Waals surface area contributed by atoms with Gasteiger partial charge in [0, 0.05) is 52.4 Å². The molecule has 0 heterocycles. The summed E-state index contributed by atoms with van der Waals surface area (Å²) < 4.78 is 1.12. The molecular weight excluding hydrogens is 1570 g/mol. The lowest BCUT2D eigenvalue weighted by Crippen LogP contribution is -2.37. The van der Waals surface area contributed by atoms with Crippen LogP contribution in [0.5, 0.6) is 0 Å². The van der Waals surface area contributed by atoms with Crippen LogP contribution >= 0.6 is 15.9 Å². The van der Waals surface area contributed by atoms with Gasteiger partial charge in [-0.2, -0.15) is 0 Å². The maximum absolute atomic E-state index is 3.73. The zero-order chi connectivity index (χ0) is 82.5. The molecule has 0 saturated carbocycles. The van der Waals surface area contributed by atoms with Gasteiger partial charge in [0.1, 0.15) is 0 Å². The van der Waals surface area contributed by atoms with E-state index < -0.39 is 5.41 Å². The van der Waals surface area contributed by atoms with Crippen LogP contribution in [0, 0.1) is 0 Å². The molecule has 0 amide bonds. The van der Waals surface area contributed by atoms with Crippen LogP contribution in [0.3, 0.4) is 0 Å². The summed E-state index contributed by atoms with van der Waals surface area (Å²) in [6.07, 6.45) is 28.1. The molecule has 16 aromatic rings. The largest absolute Gasteiger partial charge is 0.359 e. The van der Waals surface area contributed by atoms with Crippen LogP contribution < -0.4 is 10.2 Å². The molecule has 8 aliphatic rings. The van der Waals surface area contributed by atoms with Crippen LogP contribution in [0.15, 0.2) is 422 Å². The van der Waals surface area contributed by atoms with Crippen LogP contribution in [-0.4, -0.2) is 14.5 Å². The molecule has 0 bridgehead atoms. The molecule has 0 fully saturated rings. The lowest BCUT2D eigenvalue weighted by Gasteiger charge is -2.42. The Balaban J connectivity index is 0.000000130. The Hall–Kier alpha value is -13.1. The van der Waals surface area contributed by atoms with Gasteiger partial charge in [-0.25, -0.2) is 0 Å². The van der Waals surface area contributed by atoms with Crippen LogP contribution in [0.25, 0.3) is 82.4 Å². The first-order chi connectivity index (χ1) is 60.4. The highest BCUT2D eigenvalue weighted by Crippen LogP contribution is 2.67. The van der Waals surface area contributed by atoms with Crippen LogP contribution in [0.1, 0.15) is 163 Å². The van der Waals surface area contributed by atoms with Gasteiger partial charge in [0.15, 0.2) is 0 Å². The fourth-order valence-electron chi connectivity index (χ4n) is 22.9. The van der Waals surface area contributed by atoms with E-state index in [4.69, 9.17) is 0 Å². The standard InChI is InChI=1S/C60H45N.C32H31N.C28H21Br.CH4.B/c1-59(2)53-27-13-29-55-57(53)58-54(59)28-14-30-56(58)60(55,44-19-4-3-5-20-44)45-21-12-22-48(39-45)61(46-35-31-42(32-36-46)51-25-10-17-40-15-6-8-23-49(40)51)47-37-33-43(34-38-47)52-26-11-18-41-16-7-9-24-50(41)52;1-3-11-29-23(7-1)9-5-13-31(29)25-15-19-27(20-16-25)33-28-21-17-26(18-22-28)32-14-6-10-24-8-2-4-12-30(24)32;1-27(2)21-13-7-15-23-25(21)26-22(27)14-8-16-24(26)28(23,18-9-4-3-5-10-18)19-11-6-12-20(29)17-19;;/h3-38,48H,39H2,1-2H3;1,3,5-7,9-11,13-15,17,19,21-22,26,33H,2,4,8,12,16,18,20H2;3-17H,1-2H3;1H4;. The molecule has 2 atom stereocenters. The third-order valence-electron chi connectivity index (χ3n) is 28.6. The summed E-state index contributed by atoms with van der Waals surface area (Å²) in [5.41, 5.74) is 39.3. The second-order valence-electron chi connectivity index (χ2n) is 35.9. The minimum absolute atomic E-state index is 0. The Kier molecular flexibility index (Phi) is 20.9. The zero-order valence-electron chi connectivity index (χ0n) is 70.8. The van der Waals surface area contributed by atoms with Gasteiger partial charge < -0.3 is 10.2 Å². The second kappa shape index (κ2) is 32.5. The number of halogens is 1. The molecule has 16 aromatic carbocycles. The van der Waals surface area contributed by atoms with Gasteiger partial charge in [-0.1, -0.05) is 403 Å². The van der Waals surface area contributed by atoms with E-state index in [1.165, 1.54) is 203 Å². The molecule has 125 heavy (non-hydrogen) atoms. The fourth-order valence-corrected chi connectivity index (χ4v) is 23.3. The number of hydrogen-bond acceptors (Lipinski definition) is 2. The number of fused-ring (bicyclic) bond motifs is 4. The van der Waals surface area contributed by atoms with Gasteiger partial charge in [-0.3, -0.25) is 0 Å². The van der Waals surface area contributed by atoms with Crippen molar-refractivity contribution < 1.29 is 0 Å². The maximum atomic E-state index is 3.73. The van der Waals surface area contributed by atoms with E-state index >= 15 is 0 Å². The monoisotopic (exact) mass is 1670 g/mol. The lowest BCUT2D eigenvalue weighted by molar-refractivity contribution is 0.629. The van der Waals surface area contributed by atoms with Gasteiger partial charge in [-0.15, -0.1) is 0 Å². The Labute approximate surface area is 748 Å². The van der Waals surface area contributed by atoms with Crippen LogP contribution in [-0.2, 0) is 34.5 Å². The zero-order valence-corrected chi connectivity index (χ0v) is 72.4. The van der Waals surface area contributed by atoms with Crippen molar-refractivity contribution in [1.29, 1.82) is 0 Å². The van der Waals surface area contributed by atoms with Crippen molar-refractivity contribution in [3.63, 3.8) is 0 Å². The Morgan fingerprint density at radius 3 is 1.32 bits per heavy atom. The molecule has 0 aromatic heterocycles. The molecule has 8 aliphatic carbocycles. The van der Waals surface area contributed by atoms with Gasteiger partial charge in [0.05, 0.1) is 16.9 Å². The first-order valence-electron chi connectivity index (χ1n) is 44.3. The maximum Gasteiger partial charge on any atom is 0.0714 e. The minimum Gasteiger partial charge on any atom is -0.359 e. The molecule has 2 nitrogen and oxygen atoms in total. The highest BCUT2D eigenvalue weighted by Gasteiger charge is 2.55. The average molecular weight is 1670 g/mol. The van der Waals surface area contributed by atoms with Gasteiger partial charge >= 0.3 is 0 Å². The molecule has 605 valence electrons. The Bertz CT molecular complexity index is 6860. The minimum atomic E-state index is -0.417. The molecule has 2 unspecified atom stereocenters. The summed E-state index contributed by atoms with van der Waals surface area (Å²) in [7, 11) is 0. The van der Waals surface area contributed by atoms with E-state index in [1.807, 2.05) is 0 Å².